The minimum absolute atomic E-state index is 0.191. The van der Waals surface area contributed by atoms with Gasteiger partial charge in [-0.15, -0.1) is 0 Å². The Morgan fingerprint density at radius 3 is 2.67 bits per heavy atom. The molecule has 6 nitrogen and oxygen atoms in total. The van der Waals surface area contributed by atoms with Crippen LogP contribution in [-0.2, 0) is 17.4 Å². The van der Waals surface area contributed by atoms with Gasteiger partial charge in [0.25, 0.3) is 5.91 Å². The summed E-state index contributed by atoms with van der Waals surface area (Å²) in [5.74, 6) is -0.370. The number of benzene rings is 1. The number of amides is 2. The highest BCUT2D eigenvalue weighted by molar-refractivity contribution is 5.92. The Morgan fingerprint density at radius 2 is 2.00 bits per heavy atom. The number of hydrogen-bond acceptors (Lipinski definition) is 4. The lowest BCUT2D eigenvalue weighted by molar-refractivity contribution is -0.137. The van der Waals surface area contributed by atoms with E-state index in [0.717, 1.165) is 18.6 Å². The number of anilines is 1. The van der Waals surface area contributed by atoms with Gasteiger partial charge in [0.1, 0.15) is 0 Å². The van der Waals surface area contributed by atoms with Crippen molar-refractivity contribution >= 4 is 17.5 Å². The minimum atomic E-state index is -4.45. The van der Waals surface area contributed by atoms with Gasteiger partial charge in [0.05, 0.1) is 23.8 Å². The molecule has 0 bridgehead atoms. The minimum Gasteiger partial charge on any atom is -0.459 e. The first kappa shape index (κ1) is 23.2. The van der Waals surface area contributed by atoms with Crippen LogP contribution in [0.1, 0.15) is 41.9 Å². The molecule has 2 amide bonds. The van der Waals surface area contributed by atoms with E-state index in [2.05, 4.69) is 19.2 Å². The zero-order chi connectivity index (χ0) is 23.8. The number of hydrogen-bond donors (Lipinski definition) is 1. The maximum atomic E-state index is 13.3. The molecule has 3 heterocycles. The second-order valence-corrected chi connectivity index (χ2v) is 9.11. The first-order valence-corrected chi connectivity index (χ1v) is 11.2. The summed E-state index contributed by atoms with van der Waals surface area (Å²) >= 11 is 0. The molecule has 2 aromatic rings. The quantitative estimate of drug-likeness (QED) is 0.729. The number of carbonyl (C=O) groups excluding carboxylic acids is 2. The van der Waals surface area contributed by atoms with E-state index in [9.17, 15) is 22.8 Å². The third-order valence-corrected chi connectivity index (χ3v) is 6.42. The van der Waals surface area contributed by atoms with Gasteiger partial charge in [-0.25, -0.2) is 0 Å². The van der Waals surface area contributed by atoms with Crippen molar-refractivity contribution in [3.63, 3.8) is 0 Å². The van der Waals surface area contributed by atoms with Gasteiger partial charge in [-0.05, 0) is 54.7 Å². The van der Waals surface area contributed by atoms with Crippen molar-refractivity contribution in [2.24, 2.45) is 11.8 Å². The first-order chi connectivity index (χ1) is 15.6. The molecule has 2 atom stereocenters. The highest BCUT2D eigenvalue weighted by Crippen LogP contribution is 2.40. The van der Waals surface area contributed by atoms with E-state index in [1.54, 1.807) is 17.0 Å². The number of fused-ring (bicyclic) bond motifs is 3. The van der Waals surface area contributed by atoms with E-state index in [4.69, 9.17) is 4.42 Å². The predicted octanol–water partition coefficient (Wildman–Crippen LogP) is 3.96. The molecule has 33 heavy (non-hydrogen) atoms. The second-order valence-electron chi connectivity index (χ2n) is 9.11. The van der Waals surface area contributed by atoms with Crippen LogP contribution in [0.5, 0.6) is 0 Å². The van der Waals surface area contributed by atoms with Gasteiger partial charge in [0.15, 0.2) is 5.76 Å². The number of nitrogens with one attached hydrogen (secondary N) is 1. The SMILES string of the molecule is CC(C)CCNC(=O)C1Cc2cc(C(F)(F)F)ccc2N2CCN(C(=O)c3ccco3)CC12. The number of furan rings is 1. The van der Waals surface area contributed by atoms with E-state index < -0.39 is 17.7 Å². The largest absolute Gasteiger partial charge is 0.459 e. The summed E-state index contributed by atoms with van der Waals surface area (Å²) in [6, 6.07) is 6.63. The summed E-state index contributed by atoms with van der Waals surface area (Å²) < 4.78 is 45.2. The molecule has 1 fully saturated rings. The van der Waals surface area contributed by atoms with Gasteiger partial charge in [-0.3, -0.25) is 9.59 Å². The number of halogens is 3. The van der Waals surface area contributed by atoms with Crippen LogP contribution in [0.3, 0.4) is 0 Å². The van der Waals surface area contributed by atoms with Gasteiger partial charge < -0.3 is 19.5 Å². The molecular weight excluding hydrogens is 435 g/mol. The lowest BCUT2D eigenvalue weighted by atomic mass is 9.82. The molecule has 1 aromatic carbocycles. The van der Waals surface area contributed by atoms with Gasteiger partial charge >= 0.3 is 6.18 Å². The molecule has 2 aliphatic heterocycles. The maximum Gasteiger partial charge on any atom is 0.416 e. The third kappa shape index (κ3) is 4.86. The average molecular weight is 464 g/mol. The van der Waals surface area contributed by atoms with Crippen LogP contribution in [0.2, 0.25) is 0 Å². The lowest BCUT2D eigenvalue weighted by Gasteiger charge is -2.49. The van der Waals surface area contributed by atoms with Crippen molar-refractivity contribution in [3.05, 3.63) is 53.5 Å². The molecule has 1 saturated heterocycles. The van der Waals surface area contributed by atoms with Gasteiger partial charge in [0, 0.05) is 31.9 Å². The summed E-state index contributed by atoms with van der Waals surface area (Å²) in [5.41, 5.74) is 0.491. The summed E-state index contributed by atoms with van der Waals surface area (Å²) in [7, 11) is 0. The third-order valence-electron chi connectivity index (χ3n) is 6.42. The predicted molar refractivity (Wildman–Crippen MR) is 117 cm³/mol. The van der Waals surface area contributed by atoms with Gasteiger partial charge in [-0.1, -0.05) is 13.8 Å². The summed E-state index contributed by atoms with van der Waals surface area (Å²) in [6.45, 7) is 5.72. The van der Waals surface area contributed by atoms with Gasteiger partial charge in [-0.2, -0.15) is 13.2 Å². The Labute approximate surface area is 190 Å². The van der Waals surface area contributed by atoms with E-state index in [0.29, 0.717) is 43.3 Å². The van der Waals surface area contributed by atoms with Crippen LogP contribution in [-0.4, -0.2) is 48.9 Å². The molecule has 4 rings (SSSR count). The normalized spacial score (nSPS) is 20.4. The molecule has 0 saturated carbocycles. The van der Waals surface area contributed by atoms with E-state index in [-0.39, 0.29) is 30.0 Å². The molecule has 2 unspecified atom stereocenters. The molecule has 0 radical (unpaired) electrons. The fourth-order valence-corrected chi connectivity index (χ4v) is 4.66. The monoisotopic (exact) mass is 463 g/mol. The topological polar surface area (TPSA) is 65.8 Å². The maximum absolute atomic E-state index is 13.3. The fraction of sp³-hybridized carbons (Fsp3) is 0.500. The lowest BCUT2D eigenvalue weighted by Crippen LogP contribution is -2.62. The second kappa shape index (κ2) is 9.11. The fourth-order valence-electron chi connectivity index (χ4n) is 4.66. The molecule has 2 aliphatic rings. The molecular formula is C24H28F3N3O3. The highest BCUT2D eigenvalue weighted by atomic mass is 19.4. The van der Waals surface area contributed by atoms with Crippen LogP contribution in [0.25, 0.3) is 0 Å². The summed E-state index contributed by atoms with van der Waals surface area (Å²) in [4.78, 5) is 29.6. The number of alkyl halides is 3. The number of nitrogens with zero attached hydrogens (tertiary/aromatic N) is 2. The Hall–Kier alpha value is -2.97. The van der Waals surface area contributed by atoms with Crippen molar-refractivity contribution in [1.29, 1.82) is 0 Å². The van der Waals surface area contributed by atoms with E-state index in [1.807, 2.05) is 4.90 Å². The first-order valence-electron chi connectivity index (χ1n) is 11.2. The Balaban J connectivity index is 1.62. The van der Waals surface area contributed by atoms with Crippen molar-refractivity contribution < 1.29 is 27.2 Å². The molecule has 0 aliphatic carbocycles. The van der Waals surface area contributed by atoms with Crippen LogP contribution in [0.4, 0.5) is 18.9 Å². The summed E-state index contributed by atoms with van der Waals surface area (Å²) in [6.07, 6.45) is -2.01. The number of piperazine rings is 1. The van der Waals surface area contributed by atoms with E-state index in [1.165, 1.54) is 12.3 Å². The van der Waals surface area contributed by atoms with Crippen LogP contribution < -0.4 is 10.2 Å². The van der Waals surface area contributed by atoms with Crippen LogP contribution in [0.15, 0.2) is 41.0 Å². The average Bonchev–Trinajstić information content (AvgIpc) is 3.31. The van der Waals surface area contributed by atoms with Crippen LogP contribution >= 0.6 is 0 Å². The summed E-state index contributed by atoms with van der Waals surface area (Å²) in [5, 5.41) is 2.95. The standard InChI is InChI=1S/C24H28F3N3O3/c1-15(2)7-8-28-22(31)18-13-16-12-17(24(25,26)27)5-6-19(16)30-10-9-29(14-20(18)30)23(32)21-4-3-11-33-21/h3-6,11-12,15,18,20H,7-10,13-14H2,1-2H3,(H,28,31). The smallest absolute Gasteiger partial charge is 0.416 e. The Bertz CT molecular complexity index is 1000. The zero-order valence-electron chi connectivity index (χ0n) is 18.7. The van der Waals surface area contributed by atoms with Crippen molar-refractivity contribution in [3.8, 4) is 0 Å². The zero-order valence-corrected chi connectivity index (χ0v) is 18.7. The highest BCUT2D eigenvalue weighted by Gasteiger charge is 2.43. The molecule has 178 valence electrons. The molecule has 0 spiro atoms. The van der Waals surface area contributed by atoms with Crippen molar-refractivity contribution in [2.75, 3.05) is 31.1 Å². The van der Waals surface area contributed by atoms with Crippen molar-refractivity contribution in [1.82, 2.24) is 10.2 Å². The van der Waals surface area contributed by atoms with Crippen molar-refractivity contribution in [2.45, 2.75) is 38.9 Å². The van der Waals surface area contributed by atoms with E-state index >= 15 is 0 Å². The molecule has 9 heteroatoms. The number of carbonyl (C=O) groups is 2. The Morgan fingerprint density at radius 1 is 1.21 bits per heavy atom. The Kier molecular flexibility index (Phi) is 6.41. The molecule has 1 aromatic heterocycles. The number of rotatable bonds is 5. The van der Waals surface area contributed by atoms with Gasteiger partial charge in [0.2, 0.25) is 5.91 Å². The molecule has 1 N–H and O–H groups in total. The van der Waals surface area contributed by atoms with Crippen LogP contribution in [0, 0.1) is 11.8 Å².